The van der Waals surface area contributed by atoms with Gasteiger partial charge in [0.1, 0.15) is 11.8 Å². The van der Waals surface area contributed by atoms with Crippen molar-refractivity contribution >= 4 is 56.6 Å². The van der Waals surface area contributed by atoms with Crippen LogP contribution in [0, 0.1) is 11.8 Å². The lowest BCUT2D eigenvalue weighted by Crippen LogP contribution is -2.46. The fourth-order valence-corrected chi connectivity index (χ4v) is 6.58. The first-order valence-corrected chi connectivity index (χ1v) is 13.8. The number of amides is 2. The number of carbonyl (C=O) groups is 4. The first kappa shape index (κ1) is 26.2. The first-order chi connectivity index (χ1) is 19.3. The highest BCUT2D eigenvalue weighted by molar-refractivity contribution is 9.10. The monoisotopic (exact) mass is 616 g/mol. The summed E-state index contributed by atoms with van der Waals surface area (Å²) < 4.78 is 5.89. The van der Waals surface area contributed by atoms with Gasteiger partial charge in [-0.25, -0.2) is 4.90 Å². The minimum absolute atomic E-state index is 0.207. The van der Waals surface area contributed by atoms with Crippen LogP contribution in [0.4, 0.5) is 5.69 Å². The van der Waals surface area contributed by atoms with Crippen molar-refractivity contribution in [1.29, 1.82) is 0 Å². The van der Waals surface area contributed by atoms with Crippen LogP contribution < -0.4 is 9.64 Å². The van der Waals surface area contributed by atoms with E-state index in [0.717, 1.165) is 4.90 Å². The third kappa shape index (κ3) is 4.10. The molecule has 7 nitrogen and oxygen atoms in total. The van der Waals surface area contributed by atoms with E-state index in [1.54, 1.807) is 90.0 Å². The number of imide groups is 1. The van der Waals surface area contributed by atoms with Crippen molar-refractivity contribution in [2.24, 2.45) is 11.8 Å². The molecule has 3 heterocycles. The van der Waals surface area contributed by atoms with Gasteiger partial charge in [-0.15, -0.1) is 0 Å². The van der Waals surface area contributed by atoms with Gasteiger partial charge in [0.15, 0.2) is 11.6 Å². The lowest BCUT2D eigenvalue weighted by atomic mass is 9.85. The number of ketones is 2. The van der Waals surface area contributed by atoms with Crippen LogP contribution in [0.1, 0.15) is 20.7 Å². The lowest BCUT2D eigenvalue weighted by molar-refractivity contribution is -0.123. The second kappa shape index (κ2) is 10.2. The standard InChI is InChI=1S/C31H22BrClN2O5/c1-40-24-12-11-18(15-20(24)32)29(37)27-26-25(30(38)35(31(26)39)22-10-6-5-9-21(22)33)23-16-19(13-14-34(23)27)28(36)17-7-3-2-4-8-17/h2-16,23,25-27H,1H3/t23-,25+,26-,27+/m1/s1. The molecule has 200 valence electrons. The zero-order chi connectivity index (χ0) is 28.1. The van der Waals surface area contributed by atoms with Crippen molar-refractivity contribution in [2.45, 2.75) is 12.1 Å². The van der Waals surface area contributed by atoms with Gasteiger partial charge in [-0.3, -0.25) is 19.2 Å². The Morgan fingerprint density at radius 1 is 0.900 bits per heavy atom. The fraction of sp³-hybridized carbons (Fsp3) is 0.161. The highest BCUT2D eigenvalue weighted by Crippen LogP contribution is 2.48. The van der Waals surface area contributed by atoms with E-state index in [-0.39, 0.29) is 22.3 Å². The third-order valence-electron chi connectivity index (χ3n) is 7.64. The number of halogens is 2. The molecule has 3 aromatic carbocycles. The summed E-state index contributed by atoms with van der Waals surface area (Å²) in [7, 11) is 1.53. The summed E-state index contributed by atoms with van der Waals surface area (Å²) in [5.74, 6) is -2.79. The molecule has 6 rings (SSSR count). The van der Waals surface area contributed by atoms with Gasteiger partial charge in [0.2, 0.25) is 11.8 Å². The largest absolute Gasteiger partial charge is 0.496 e. The molecule has 0 bridgehead atoms. The number of hydrogen-bond donors (Lipinski definition) is 0. The normalized spacial score (nSPS) is 23.1. The van der Waals surface area contributed by atoms with E-state index in [4.69, 9.17) is 16.3 Å². The van der Waals surface area contributed by atoms with Crippen molar-refractivity contribution in [2.75, 3.05) is 12.0 Å². The third-order valence-corrected chi connectivity index (χ3v) is 8.58. The summed E-state index contributed by atoms with van der Waals surface area (Å²) in [6.45, 7) is 0. The Hall–Kier alpha value is -4.01. The molecule has 4 atom stereocenters. The number of para-hydroxylation sites is 1. The molecule has 0 saturated carbocycles. The smallest absolute Gasteiger partial charge is 0.240 e. The number of carbonyl (C=O) groups excluding carboxylic acids is 4. The number of hydrogen-bond acceptors (Lipinski definition) is 6. The minimum Gasteiger partial charge on any atom is -0.496 e. The van der Waals surface area contributed by atoms with Crippen LogP contribution in [0.25, 0.3) is 0 Å². The van der Waals surface area contributed by atoms with Gasteiger partial charge in [-0.2, -0.15) is 0 Å². The van der Waals surface area contributed by atoms with E-state index in [0.29, 0.717) is 26.9 Å². The predicted octanol–water partition coefficient (Wildman–Crippen LogP) is 5.49. The molecule has 2 saturated heterocycles. The second-order valence-electron chi connectivity index (χ2n) is 9.74. The Bertz CT molecular complexity index is 1640. The Morgan fingerprint density at radius 3 is 2.30 bits per heavy atom. The van der Waals surface area contributed by atoms with Crippen LogP contribution >= 0.6 is 27.5 Å². The van der Waals surface area contributed by atoms with Crippen LogP contribution in [0.15, 0.2) is 101 Å². The summed E-state index contributed by atoms with van der Waals surface area (Å²) in [4.78, 5) is 58.1. The number of rotatable bonds is 6. The zero-order valence-electron chi connectivity index (χ0n) is 21.2. The van der Waals surface area contributed by atoms with Crippen molar-refractivity contribution in [3.63, 3.8) is 0 Å². The van der Waals surface area contributed by atoms with Crippen molar-refractivity contribution in [3.05, 3.63) is 117 Å². The molecule has 3 aliphatic heterocycles. The highest BCUT2D eigenvalue weighted by atomic mass is 79.9. The molecular formula is C31H22BrClN2O5. The average Bonchev–Trinajstić information content (AvgIpc) is 3.44. The molecule has 3 aromatic rings. The average molecular weight is 618 g/mol. The summed E-state index contributed by atoms with van der Waals surface area (Å²) >= 11 is 9.82. The topological polar surface area (TPSA) is 84.0 Å². The molecule has 0 unspecified atom stereocenters. The number of anilines is 1. The molecule has 0 spiro atoms. The van der Waals surface area contributed by atoms with E-state index in [2.05, 4.69) is 15.9 Å². The van der Waals surface area contributed by atoms with E-state index in [1.165, 1.54) is 7.11 Å². The Balaban J connectivity index is 1.44. The number of fused-ring (bicyclic) bond motifs is 3. The van der Waals surface area contributed by atoms with Gasteiger partial charge in [0, 0.05) is 22.9 Å². The quantitative estimate of drug-likeness (QED) is 0.269. The van der Waals surface area contributed by atoms with Crippen molar-refractivity contribution < 1.29 is 23.9 Å². The summed E-state index contributed by atoms with van der Waals surface area (Å²) in [5, 5.41) is 0.252. The molecule has 0 aromatic heterocycles. The Morgan fingerprint density at radius 2 is 1.60 bits per heavy atom. The van der Waals surface area contributed by atoms with E-state index >= 15 is 0 Å². The number of methoxy groups -OCH3 is 1. The number of allylic oxidation sites excluding steroid dienone is 2. The van der Waals surface area contributed by atoms with E-state index in [9.17, 15) is 19.2 Å². The maximum Gasteiger partial charge on any atom is 0.240 e. The number of benzene rings is 3. The molecule has 0 radical (unpaired) electrons. The summed E-state index contributed by atoms with van der Waals surface area (Å²) in [6.07, 6.45) is 4.99. The Labute approximate surface area is 243 Å². The van der Waals surface area contributed by atoms with Gasteiger partial charge >= 0.3 is 0 Å². The summed E-state index contributed by atoms with van der Waals surface area (Å²) in [6, 6.07) is 18.7. The highest BCUT2D eigenvalue weighted by Gasteiger charge is 2.63. The zero-order valence-corrected chi connectivity index (χ0v) is 23.5. The van der Waals surface area contributed by atoms with Crippen molar-refractivity contribution in [3.8, 4) is 5.75 Å². The molecule has 2 fully saturated rings. The van der Waals surface area contributed by atoms with Crippen LogP contribution in [-0.2, 0) is 9.59 Å². The molecule has 0 aliphatic carbocycles. The molecule has 9 heteroatoms. The van der Waals surface area contributed by atoms with Gasteiger partial charge in [-0.05, 0) is 52.3 Å². The molecule has 2 amide bonds. The number of ether oxygens (including phenoxy) is 1. The van der Waals surface area contributed by atoms with Crippen molar-refractivity contribution in [1.82, 2.24) is 4.90 Å². The maximum atomic E-state index is 14.1. The second-order valence-corrected chi connectivity index (χ2v) is 11.0. The molecule has 0 N–H and O–H groups in total. The maximum absolute atomic E-state index is 14.1. The molecule has 40 heavy (non-hydrogen) atoms. The van der Waals surface area contributed by atoms with Gasteiger partial charge in [0.25, 0.3) is 0 Å². The number of nitrogens with zero attached hydrogens (tertiary/aromatic N) is 2. The Kier molecular flexibility index (Phi) is 6.68. The molecular weight excluding hydrogens is 596 g/mol. The molecule has 3 aliphatic rings. The van der Waals surface area contributed by atoms with E-state index < -0.39 is 35.7 Å². The van der Waals surface area contributed by atoms with Gasteiger partial charge < -0.3 is 9.64 Å². The summed E-state index contributed by atoms with van der Waals surface area (Å²) in [5.41, 5.74) is 1.53. The van der Waals surface area contributed by atoms with Crippen LogP contribution in [-0.4, -0.2) is 47.5 Å². The minimum atomic E-state index is -0.978. The predicted molar refractivity (Wildman–Crippen MR) is 153 cm³/mol. The van der Waals surface area contributed by atoms with Crippen LogP contribution in [0.2, 0.25) is 5.02 Å². The fourth-order valence-electron chi connectivity index (χ4n) is 5.81. The first-order valence-electron chi connectivity index (χ1n) is 12.6. The van der Waals surface area contributed by atoms with Crippen LogP contribution in [0.5, 0.6) is 5.75 Å². The van der Waals surface area contributed by atoms with Gasteiger partial charge in [-0.1, -0.05) is 60.1 Å². The van der Waals surface area contributed by atoms with E-state index in [1.807, 2.05) is 6.07 Å². The van der Waals surface area contributed by atoms with Gasteiger partial charge in [0.05, 0.1) is 40.2 Å². The SMILES string of the molecule is COc1ccc(C(=O)[C@@H]2[C@@H]3C(=O)N(c4ccccc4Cl)C(=O)[C@H]3[C@H]3C=C(C(=O)c4ccccc4)C=CN32)cc1Br. The lowest BCUT2D eigenvalue weighted by Gasteiger charge is -2.33. The van der Waals surface area contributed by atoms with Crippen LogP contribution in [0.3, 0.4) is 0 Å². The number of Topliss-reactive ketones (excluding diaryl/α,β-unsaturated/α-hetero) is 2.